The van der Waals surface area contributed by atoms with E-state index in [-0.39, 0.29) is 18.1 Å². The molecule has 1 aromatic rings. The second-order valence-corrected chi connectivity index (χ2v) is 6.08. The van der Waals surface area contributed by atoms with Gasteiger partial charge in [0, 0.05) is 13.5 Å². The molecule has 0 N–H and O–H groups in total. The molecule has 0 aromatic heterocycles. The standard InChI is InChI=1S/C18H25NO2/c1-12-6-8-16(9-7-12)18(21-15(4)20)17-14(3)13(2)10-11-19(17)5/h6-9,17-18H,10-11H2,1-5H3. The maximum Gasteiger partial charge on any atom is 0.303 e. The number of hydrogen-bond donors (Lipinski definition) is 0. The Morgan fingerprint density at radius 2 is 1.86 bits per heavy atom. The summed E-state index contributed by atoms with van der Waals surface area (Å²) in [6.45, 7) is 8.87. The van der Waals surface area contributed by atoms with Crippen LogP contribution in [0, 0.1) is 6.92 Å². The molecule has 0 spiro atoms. The quantitative estimate of drug-likeness (QED) is 0.628. The van der Waals surface area contributed by atoms with Gasteiger partial charge in [0.25, 0.3) is 0 Å². The highest BCUT2D eigenvalue weighted by Gasteiger charge is 2.33. The Hall–Kier alpha value is -1.61. The van der Waals surface area contributed by atoms with E-state index in [4.69, 9.17) is 4.74 Å². The number of benzene rings is 1. The molecule has 1 aliphatic rings. The summed E-state index contributed by atoms with van der Waals surface area (Å²) in [5, 5.41) is 0. The van der Waals surface area contributed by atoms with Gasteiger partial charge in [-0.05, 0) is 39.8 Å². The van der Waals surface area contributed by atoms with Crippen molar-refractivity contribution in [1.29, 1.82) is 0 Å². The van der Waals surface area contributed by atoms with Crippen molar-refractivity contribution in [2.45, 2.75) is 46.3 Å². The molecule has 2 rings (SSSR count). The maximum atomic E-state index is 11.6. The number of likely N-dealkylation sites (N-methyl/N-ethyl adjacent to an activating group) is 1. The molecule has 3 nitrogen and oxygen atoms in total. The fraction of sp³-hybridized carbons (Fsp3) is 0.500. The number of ether oxygens (including phenoxy) is 1. The van der Waals surface area contributed by atoms with Crippen LogP contribution in [0.4, 0.5) is 0 Å². The summed E-state index contributed by atoms with van der Waals surface area (Å²) in [4.78, 5) is 13.9. The number of rotatable bonds is 3. The van der Waals surface area contributed by atoms with Gasteiger partial charge in [-0.15, -0.1) is 0 Å². The zero-order valence-electron chi connectivity index (χ0n) is 13.6. The summed E-state index contributed by atoms with van der Waals surface area (Å²) >= 11 is 0. The highest BCUT2D eigenvalue weighted by molar-refractivity contribution is 5.66. The number of carbonyl (C=O) groups is 1. The SMILES string of the molecule is CC(=O)OC(c1ccc(C)cc1)C1C(C)=C(C)CCN1C. The van der Waals surface area contributed by atoms with E-state index in [1.54, 1.807) is 0 Å². The van der Waals surface area contributed by atoms with Crippen LogP contribution in [0.1, 0.15) is 44.4 Å². The summed E-state index contributed by atoms with van der Waals surface area (Å²) in [6.07, 6.45) is 0.836. The molecule has 0 saturated heterocycles. The minimum absolute atomic E-state index is 0.116. The lowest BCUT2D eigenvalue weighted by Gasteiger charge is -2.39. The van der Waals surface area contributed by atoms with E-state index in [0.717, 1.165) is 18.5 Å². The summed E-state index contributed by atoms with van der Waals surface area (Å²) in [5.74, 6) is -0.231. The van der Waals surface area contributed by atoms with E-state index in [9.17, 15) is 4.79 Å². The Balaban J connectivity index is 2.41. The molecule has 0 amide bonds. The molecule has 0 radical (unpaired) electrons. The van der Waals surface area contributed by atoms with Crippen LogP contribution in [0.15, 0.2) is 35.4 Å². The Kier molecular flexibility index (Phi) is 4.84. The van der Waals surface area contributed by atoms with Crippen LogP contribution in [0.2, 0.25) is 0 Å². The Morgan fingerprint density at radius 1 is 1.24 bits per heavy atom. The molecular weight excluding hydrogens is 262 g/mol. The monoisotopic (exact) mass is 287 g/mol. The highest BCUT2D eigenvalue weighted by atomic mass is 16.5. The second kappa shape index (κ2) is 6.44. The van der Waals surface area contributed by atoms with Gasteiger partial charge in [-0.3, -0.25) is 9.69 Å². The molecule has 2 unspecified atom stereocenters. The van der Waals surface area contributed by atoms with Crippen LogP contribution in [0.3, 0.4) is 0 Å². The summed E-state index contributed by atoms with van der Waals surface area (Å²) in [5.41, 5.74) is 4.99. The minimum atomic E-state index is -0.247. The van der Waals surface area contributed by atoms with E-state index in [0.29, 0.717) is 0 Å². The van der Waals surface area contributed by atoms with Crippen molar-refractivity contribution < 1.29 is 9.53 Å². The van der Waals surface area contributed by atoms with Gasteiger partial charge in [0.15, 0.2) is 0 Å². The van der Waals surface area contributed by atoms with E-state index in [1.165, 1.54) is 23.6 Å². The van der Waals surface area contributed by atoms with E-state index < -0.39 is 0 Å². The molecule has 2 atom stereocenters. The smallest absolute Gasteiger partial charge is 0.303 e. The molecular formula is C18H25NO2. The van der Waals surface area contributed by atoms with Crippen LogP contribution >= 0.6 is 0 Å². The van der Waals surface area contributed by atoms with Crippen molar-refractivity contribution in [3.63, 3.8) is 0 Å². The van der Waals surface area contributed by atoms with Crippen molar-refractivity contribution in [3.8, 4) is 0 Å². The summed E-state index contributed by atoms with van der Waals surface area (Å²) in [7, 11) is 2.10. The van der Waals surface area contributed by atoms with Crippen LogP contribution in [0.25, 0.3) is 0 Å². The fourth-order valence-electron chi connectivity index (χ4n) is 2.97. The van der Waals surface area contributed by atoms with Crippen molar-refractivity contribution in [3.05, 3.63) is 46.5 Å². The van der Waals surface area contributed by atoms with Crippen molar-refractivity contribution in [2.75, 3.05) is 13.6 Å². The average molecular weight is 287 g/mol. The van der Waals surface area contributed by atoms with Gasteiger partial charge < -0.3 is 4.74 Å². The van der Waals surface area contributed by atoms with Crippen LogP contribution in [-0.4, -0.2) is 30.5 Å². The van der Waals surface area contributed by atoms with Gasteiger partial charge >= 0.3 is 5.97 Å². The van der Waals surface area contributed by atoms with Gasteiger partial charge in [-0.1, -0.05) is 41.0 Å². The lowest BCUT2D eigenvalue weighted by Crippen LogP contribution is -2.43. The van der Waals surface area contributed by atoms with Gasteiger partial charge in [-0.25, -0.2) is 0 Å². The minimum Gasteiger partial charge on any atom is -0.456 e. The molecule has 1 heterocycles. The van der Waals surface area contributed by atoms with Crippen molar-refractivity contribution in [1.82, 2.24) is 4.90 Å². The number of hydrogen-bond acceptors (Lipinski definition) is 3. The van der Waals surface area contributed by atoms with Gasteiger partial charge in [-0.2, -0.15) is 0 Å². The molecule has 0 bridgehead atoms. The summed E-state index contributed by atoms with van der Waals surface area (Å²) in [6, 6.07) is 8.38. The molecule has 1 aromatic carbocycles. The first-order chi connectivity index (χ1) is 9.90. The fourth-order valence-corrected chi connectivity index (χ4v) is 2.97. The first kappa shape index (κ1) is 15.8. The molecule has 0 fully saturated rings. The normalized spacial score (nSPS) is 21.3. The highest BCUT2D eigenvalue weighted by Crippen LogP contribution is 2.34. The van der Waals surface area contributed by atoms with E-state index in [1.807, 2.05) is 0 Å². The molecule has 0 aliphatic carbocycles. The first-order valence-electron chi connectivity index (χ1n) is 7.50. The average Bonchev–Trinajstić information content (AvgIpc) is 2.43. The third-order valence-electron chi connectivity index (χ3n) is 4.42. The summed E-state index contributed by atoms with van der Waals surface area (Å²) < 4.78 is 5.69. The van der Waals surface area contributed by atoms with Crippen molar-refractivity contribution in [2.24, 2.45) is 0 Å². The van der Waals surface area contributed by atoms with Crippen molar-refractivity contribution >= 4 is 5.97 Å². The van der Waals surface area contributed by atoms with Gasteiger partial charge in [0.2, 0.25) is 0 Å². The third-order valence-corrected chi connectivity index (χ3v) is 4.42. The number of nitrogens with zero attached hydrogens (tertiary/aromatic N) is 1. The van der Waals surface area contributed by atoms with E-state index in [2.05, 4.69) is 57.0 Å². The lowest BCUT2D eigenvalue weighted by atomic mass is 9.88. The Morgan fingerprint density at radius 3 is 2.43 bits per heavy atom. The van der Waals surface area contributed by atoms with Gasteiger partial charge in [0.05, 0.1) is 6.04 Å². The molecule has 21 heavy (non-hydrogen) atoms. The van der Waals surface area contributed by atoms with Crippen LogP contribution in [-0.2, 0) is 9.53 Å². The largest absolute Gasteiger partial charge is 0.456 e. The first-order valence-corrected chi connectivity index (χ1v) is 7.50. The third kappa shape index (κ3) is 3.53. The molecule has 1 aliphatic heterocycles. The zero-order valence-corrected chi connectivity index (χ0v) is 13.6. The lowest BCUT2D eigenvalue weighted by molar-refractivity contribution is -0.149. The number of esters is 1. The number of aryl methyl sites for hydroxylation is 1. The predicted octanol–water partition coefficient (Wildman–Crippen LogP) is 3.64. The predicted molar refractivity (Wildman–Crippen MR) is 85.1 cm³/mol. The Labute approximate surface area is 127 Å². The van der Waals surface area contributed by atoms with Gasteiger partial charge in [0.1, 0.15) is 6.10 Å². The maximum absolute atomic E-state index is 11.6. The molecule has 0 saturated carbocycles. The van der Waals surface area contributed by atoms with Crippen LogP contribution < -0.4 is 0 Å². The number of carbonyl (C=O) groups excluding carboxylic acids is 1. The second-order valence-electron chi connectivity index (χ2n) is 6.08. The molecule has 114 valence electrons. The zero-order chi connectivity index (χ0) is 15.6. The topological polar surface area (TPSA) is 29.5 Å². The molecule has 3 heteroatoms. The van der Waals surface area contributed by atoms with E-state index >= 15 is 0 Å². The van der Waals surface area contributed by atoms with Crippen LogP contribution in [0.5, 0.6) is 0 Å². The Bertz CT molecular complexity index is 545.